The number of nitrogen functional groups attached to an aromatic ring is 1. The third-order valence-corrected chi connectivity index (χ3v) is 4.70. The van der Waals surface area contributed by atoms with E-state index in [0.29, 0.717) is 11.2 Å². The van der Waals surface area contributed by atoms with Gasteiger partial charge in [-0.25, -0.2) is 29.5 Å². The van der Waals surface area contributed by atoms with Crippen molar-refractivity contribution in [2.75, 3.05) is 12.3 Å². The maximum absolute atomic E-state index is 12.4. The van der Waals surface area contributed by atoms with Crippen LogP contribution in [0.1, 0.15) is 47.8 Å². The lowest BCUT2D eigenvalue weighted by Crippen LogP contribution is -2.48. The van der Waals surface area contributed by atoms with Crippen molar-refractivity contribution in [1.82, 2.24) is 30.2 Å². The summed E-state index contributed by atoms with van der Waals surface area (Å²) < 4.78 is 17.7. The van der Waals surface area contributed by atoms with Gasteiger partial charge in [0.25, 0.3) is 0 Å². The molecule has 0 unspecified atom stereocenters. The molecule has 15 heteroatoms. The fourth-order valence-corrected chi connectivity index (χ4v) is 3.37. The number of hydrogen-bond donors (Lipinski definition) is 5. The van der Waals surface area contributed by atoms with E-state index in [1.54, 1.807) is 41.5 Å². The number of carbonyl (C=O) groups is 2. The van der Waals surface area contributed by atoms with Crippen LogP contribution in [0.4, 0.5) is 15.4 Å². The Balaban J connectivity index is 1.91. The molecule has 1 aliphatic rings. The summed E-state index contributed by atoms with van der Waals surface area (Å²) in [7, 11) is 0. The highest BCUT2D eigenvalue weighted by Crippen LogP contribution is 2.33. The van der Waals surface area contributed by atoms with Gasteiger partial charge in [0.15, 0.2) is 17.7 Å². The summed E-state index contributed by atoms with van der Waals surface area (Å²) in [5.41, 5.74) is 4.77. The van der Waals surface area contributed by atoms with Crippen molar-refractivity contribution in [3.05, 3.63) is 12.7 Å². The third kappa shape index (κ3) is 6.56. The van der Waals surface area contributed by atoms with Gasteiger partial charge in [-0.05, 0) is 41.5 Å². The Morgan fingerprint density at radius 1 is 1.11 bits per heavy atom. The number of alkyl carbamates (subject to hydrolysis) is 2. The van der Waals surface area contributed by atoms with Gasteiger partial charge in [0.05, 0.1) is 12.9 Å². The fourth-order valence-electron chi connectivity index (χ4n) is 3.37. The molecular formula is C21H32N8O7. The maximum Gasteiger partial charge on any atom is 0.414 e. The van der Waals surface area contributed by atoms with Crippen molar-refractivity contribution in [1.29, 1.82) is 0 Å². The second-order valence-corrected chi connectivity index (χ2v) is 10.0. The van der Waals surface area contributed by atoms with E-state index < -0.39 is 54.5 Å². The highest BCUT2D eigenvalue weighted by Gasteiger charge is 2.45. The Labute approximate surface area is 207 Å². The van der Waals surface area contributed by atoms with Crippen LogP contribution in [0.25, 0.3) is 11.2 Å². The first-order valence-electron chi connectivity index (χ1n) is 11.1. The van der Waals surface area contributed by atoms with Gasteiger partial charge in [-0.2, -0.15) is 0 Å². The Morgan fingerprint density at radius 2 is 1.69 bits per heavy atom. The fraction of sp³-hybridized carbons (Fsp3) is 0.619. The van der Waals surface area contributed by atoms with E-state index in [0.717, 1.165) is 0 Å². The number of carbonyl (C=O) groups excluding carboxylic acids is 2. The summed E-state index contributed by atoms with van der Waals surface area (Å²) in [6.45, 7) is 9.45. The zero-order valence-corrected chi connectivity index (χ0v) is 20.9. The minimum Gasteiger partial charge on any atom is -0.444 e. The summed E-state index contributed by atoms with van der Waals surface area (Å²) in [6.07, 6.45) is -2.65. The number of amides is 2. The van der Waals surface area contributed by atoms with Crippen molar-refractivity contribution in [2.24, 2.45) is 4.99 Å². The quantitative estimate of drug-likeness (QED) is 0.283. The zero-order chi connectivity index (χ0) is 26.8. The number of aliphatic hydroxyl groups is 2. The highest BCUT2D eigenvalue weighted by atomic mass is 16.6. The highest BCUT2D eigenvalue weighted by molar-refractivity contribution is 6.01. The summed E-state index contributed by atoms with van der Waals surface area (Å²) >= 11 is 0. The van der Waals surface area contributed by atoms with Gasteiger partial charge >= 0.3 is 12.2 Å². The van der Waals surface area contributed by atoms with E-state index in [9.17, 15) is 19.8 Å². The molecular weight excluding hydrogens is 476 g/mol. The molecule has 15 nitrogen and oxygen atoms in total. The van der Waals surface area contributed by atoms with Crippen LogP contribution in [-0.2, 0) is 14.2 Å². The van der Waals surface area contributed by atoms with Gasteiger partial charge in [-0.1, -0.05) is 0 Å². The number of aromatic nitrogens is 4. The van der Waals surface area contributed by atoms with Crippen LogP contribution in [-0.4, -0.2) is 83.9 Å². The predicted molar refractivity (Wildman–Crippen MR) is 127 cm³/mol. The molecule has 4 atom stereocenters. The van der Waals surface area contributed by atoms with Gasteiger partial charge < -0.3 is 30.2 Å². The van der Waals surface area contributed by atoms with Crippen molar-refractivity contribution in [3.63, 3.8) is 0 Å². The lowest BCUT2D eigenvalue weighted by atomic mass is 10.1. The number of nitrogens with two attached hydrogens (primary N) is 1. The molecule has 0 bridgehead atoms. The predicted octanol–water partition coefficient (Wildman–Crippen LogP) is 0.433. The first-order valence-corrected chi connectivity index (χ1v) is 11.1. The zero-order valence-electron chi connectivity index (χ0n) is 20.9. The van der Waals surface area contributed by atoms with Crippen molar-refractivity contribution in [3.8, 4) is 0 Å². The molecule has 0 spiro atoms. The number of aliphatic imine (C=N–C) groups is 1. The van der Waals surface area contributed by atoms with E-state index in [1.165, 1.54) is 17.2 Å². The van der Waals surface area contributed by atoms with Crippen molar-refractivity contribution < 1.29 is 34.0 Å². The van der Waals surface area contributed by atoms with E-state index in [2.05, 4.69) is 30.6 Å². The van der Waals surface area contributed by atoms with Crippen LogP contribution in [0.3, 0.4) is 0 Å². The number of ether oxygens (including phenoxy) is 3. The molecule has 198 valence electrons. The molecule has 36 heavy (non-hydrogen) atoms. The van der Waals surface area contributed by atoms with E-state index in [1.807, 2.05) is 0 Å². The first-order chi connectivity index (χ1) is 16.7. The molecule has 0 aromatic carbocycles. The molecule has 1 fully saturated rings. The van der Waals surface area contributed by atoms with Gasteiger partial charge in [0, 0.05) is 0 Å². The monoisotopic (exact) mass is 508 g/mol. The number of fused-ring (bicyclic) bond motifs is 1. The molecule has 2 amide bonds. The number of imidazole rings is 1. The van der Waals surface area contributed by atoms with Crippen molar-refractivity contribution in [2.45, 2.75) is 77.2 Å². The van der Waals surface area contributed by atoms with E-state index in [-0.39, 0.29) is 11.8 Å². The largest absolute Gasteiger partial charge is 0.444 e. The lowest BCUT2D eigenvalue weighted by Gasteiger charge is -2.23. The molecule has 0 aliphatic carbocycles. The normalized spacial score (nSPS) is 22.2. The van der Waals surface area contributed by atoms with Crippen LogP contribution in [0.5, 0.6) is 0 Å². The molecule has 1 aliphatic heterocycles. The Morgan fingerprint density at radius 3 is 2.22 bits per heavy atom. The Hall–Kier alpha value is -3.56. The van der Waals surface area contributed by atoms with Crippen LogP contribution in [0.2, 0.25) is 0 Å². The number of guanidine groups is 1. The molecule has 1 saturated heterocycles. The number of hydrogen-bond acceptors (Lipinski definition) is 12. The molecule has 3 heterocycles. The Bertz CT molecular complexity index is 1110. The van der Waals surface area contributed by atoms with E-state index in [4.69, 9.17) is 19.9 Å². The number of aliphatic hydroxyl groups excluding tert-OH is 2. The number of nitrogens with zero attached hydrogens (tertiary/aromatic N) is 5. The average molecular weight is 509 g/mol. The molecule has 3 rings (SSSR count). The Kier molecular flexibility index (Phi) is 7.66. The van der Waals surface area contributed by atoms with Crippen LogP contribution in [0.15, 0.2) is 17.6 Å². The van der Waals surface area contributed by atoms with Gasteiger partial charge in [0.1, 0.15) is 41.3 Å². The summed E-state index contributed by atoms with van der Waals surface area (Å²) in [6, 6.07) is -1.13. The summed E-state index contributed by atoms with van der Waals surface area (Å²) in [4.78, 5) is 41.2. The third-order valence-electron chi connectivity index (χ3n) is 4.70. The minimum absolute atomic E-state index is 0.143. The summed E-state index contributed by atoms with van der Waals surface area (Å²) in [5, 5.41) is 25.7. The lowest BCUT2D eigenvalue weighted by molar-refractivity contribution is -0.0488. The average Bonchev–Trinajstić information content (AvgIpc) is 3.27. The molecule has 2 aromatic heterocycles. The maximum atomic E-state index is 12.4. The SMILES string of the molecule is CC(C)(C)OC(=O)NC(=N[C@H]1[C@@H](O)[C@H](n2cnc3c(N)ncnc32)O[C@@H]1CO)NC(=O)OC(C)(C)C. The topological polar surface area (TPSA) is 208 Å². The standard InChI is InChI=1S/C21H32N8O7/c1-20(2,3)35-18(32)27-17(28-19(33)36-21(4,5)6)26-11-10(7-30)34-16(13(11)31)29-9-25-12-14(22)23-8-24-15(12)29/h8-11,13,16,30-31H,7H2,1-6H3,(H2,22,23,24)(H2,26,27,28,32,33)/t10-,11-,13-,16-/m1/s1. The van der Waals surface area contributed by atoms with Crippen molar-refractivity contribution >= 4 is 35.1 Å². The second-order valence-electron chi connectivity index (χ2n) is 10.0. The molecule has 2 aromatic rings. The first kappa shape index (κ1) is 27.0. The van der Waals surface area contributed by atoms with Crippen LogP contribution >= 0.6 is 0 Å². The van der Waals surface area contributed by atoms with Crippen LogP contribution in [0, 0.1) is 0 Å². The number of nitrogens with one attached hydrogen (secondary N) is 2. The van der Waals surface area contributed by atoms with Crippen LogP contribution < -0.4 is 16.4 Å². The minimum atomic E-state index is -1.35. The molecule has 0 radical (unpaired) electrons. The summed E-state index contributed by atoms with van der Waals surface area (Å²) in [5.74, 6) is -0.225. The van der Waals surface area contributed by atoms with Gasteiger partial charge in [-0.15, -0.1) is 0 Å². The van der Waals surface area contributed by atoms with Gasteiger partial charge in [0.2, 0.25) is 5.96 Å². The van der Waals surface area contributed by atoms with Gasteiger partial charge in [-0.3, -0.25) is 15.2 Å². The second kappa shape index (κ2) is 10.2. The smallest absolute Gasteiger partial charge is 0.414 e. The molecule has 0 saturated carbocycles. The number of rotatable bonds is 3. The van der Waals surface area contributed by atoms with E-state index >= 15 is 0 Å². The number of anilines is 1. The molecule has 6 N–H and O–H groups in total.